The number of unbranched alkanes of at least 4 members (excludes halogenated alkanes) is 2. The predicted octanol–water partition coefficient (Wildman–Crippen LogP) is 5.34. The Hall–Kier alpha value is -1.63. The fourth-order valence-electron chi connectivity index (χ4n) is 2.86. The Kier molecular flexibility index (Phi) is 5.34. The summed E-state index contributed by atoms with van der Waals surface area (Å²) in [5.41, 5.74) is 3.53. The smallest absolute Gasteiger partial charge is 0.150 e. The third kappa shape index (κ3) is 3.09. The van der Waals surface area contributed by atoms with Crippen molar-refractivity contribution < 1.29 is 4.79 Å². The van der Waals surface area contributed by atoms with Crippen molar-refractivity contribution in [1.29, 1.82) is 0 Å². The first-order chi connectivity index (χ1) is 9.81. The second kappa shape index (κ2) is 7.23. The molecule has 1 nitrogen and oxygen atoms in total. The number of carbonyl (C=O) groups excluding carboxylic acids is 1. The molecule has 0 atom stereocenters. The van der Waals surface area contributed by atoms with Crippen LogP contribution in [0.2, 0.25) is 0 Å². The van der Waals surface area contributed by atoms with E-state index >= 15 is 0 Å². The average molecular weight is 268 g/mol. The highest BCUT2D eigenvalue weighted by molar-refractivity contribution is 5.95. The van der Waals surface area contributed by atoms with Gasteiger partial charge in [-0.1, -0.05) is 57.0 Å². The van der Waals surface area contributed by atoms with E-state index in [1.807, 2.05) is 6.07 Å². The van der Waals surface area contributed by atoms with Gasteiger partial charge in [0.25, 0.3) is 0 Å². The van der Waals surface area contributed by atoms with E-state index in [0.29, 0.717) is 0 Å². The summed E-state index contributed by atoms with van der Waals surface area (Å²) in [5, 5.41) is 2.61. The quantitative estimate of drug-likeness (QED) is 0.620. The molecule has 2 rings (SSSR count). The molecule has 0 aliphatic rings. The second-order valence-electron chi connectivity index (χ2n) is 5.47. The minimum atomic E-state index is 0.870. The highest BCUT2D eigenvalue weighted by atomic mass is 16.1. The van der Waals surface area contributed by atoms with E-state index in [1.54, 1.807) is 0 Å². The summed E-state index contributed by atoms with van der Waals surface area (Å²) >= 11 is 0. The Bertz CT molecular complexity index is 584. The molecule has 0 aliphatic carbocycles. The van der Waals surface area contributed by atoms with E-state index in [2.05, 4.69) is 38.1 Å². The normalized spacial score (nSPS) is 10.9. The lowest BCUT2D eigenvalue weighted by molar-refractivity contribution is 0.112. The summed E-state index contributed by atoms with van der Waals surface area (Å²) in [5.74, 6) is 0. The van der Waals surface area contributed by atoms with Gasteiger partial charge in [-0.3, -0.25) is 4.79 Å². The predicted molar refractivity (Wildman–Crippen MR) is 86.6 cm³/mol. The maximum Gasteiger partial charge on any atom is 0.150 e. The van der Waals surface area contributed by atoms with Crippen LogP contribution >= 0.6 is 0 Å². The summed E-state index contributed by atoms with van der Waals surface area (Å²) in [6.45, 7) is 4.42. The van der Waals surface area contributed by atoms with Crippen LogP contribution in [-0.2, 0) is 12.8 Å². The van der Waals surface area contributed by atoms with Crippen molar-refractivity contribution in [2.45, 2.75) is 52.4 Å². The zero-order chi connectivity index (χ0) is 14.4. The van der Waals surface area contributed by atoms with E-state index in [1.165, 1.54) is 34.7 Å². The van der Waals surface area contributed by atoms with Crippen LogP contribution in [0, 0.1) is 0 Å². The fourth-order valence-corrected chi connectivity index (χ4v) is 2.86. The van der Waals surface area contributed by atoms with Crippen molar-refractivity contribution in [3.05, 3.63) is 47.0 Å². The topological polar surface area (TPSA) is 17.1 Å². The van der Waals surface area contributed by atoms with Gasteiger partial charge in [0.15, 0.2) is 0 Å². The molecule has 2 aromatic carbocycles. The maximum atomic E-state index is 11.4. The minimum absolute atomic E-state index is 0.870. The van der Waals surface area contributed by atoms with Gasteiger partial charge in [-0.25, -0.2) is 0 Å². The van der Waals surface area contributed by atoms with Gasteiger partial charge in [-0.05, 0) is 47.6 Å². The van der Waals surface area contributed by atoms with Gasteiger partial charge in [0.05, 0.1) is 0 Å². The van der Waals surface area contributed by atoms with E-state index in [-0.39, 0.29) is 0 Å². The van der Waals surface area contributed by atoms with Gasteiger partial charge in [-0.2, -0.15) is 0 Å². The molecular formula is C19H24O. The number of fused-ring (bicyclic) bond motifs is 1. The van der Waals surface area contributed by atoms with Crippen molar-refractivity contribution in [3.63, 3.8) is 0 Å². The van der Waals surface area contributed by atoms with Gasteiger partial charge >= 0.3 is 0 Å². The Morgan fingerprint density at radius 2 is 1.70 bits per heavy atom. The number of benzene rings is 2. The highest BCUT2D eigenvalue weighted by Gasteiger charge is 2.10. The number of hydrogen-bond acceptors (Lipinski definition) is 1. The lowest BCUT2D eigenvalue weighted by Crippen LogP contribution is -1.98. The molecule has 106 valence electrons. The molecule has 0 saturated heterocycles. The first-order valence-corrected chi connectivity index (χ1v) is 7.80. The molecule has 0 fully saturated rings. The zero-order valence-corrected chi connectivity index (χ0v) is 12.6. The summed E-state index contributed by atoms with van der Waals surface area (Å²) in [4.78, 5) is 11.4. The zero-order valence-electron chi connectivity index (χ0n) is 12.6. The van der Waals surface area contributed by atoms with E-state index < -0.39 is 0 Å². The standard InChI is InChI=1S/C19H24O/c1-3-5-8-15-9-7-10-16-12-13-17(14-20)18(19(15)16)11-6-4-2/h7,9-10,12-14H,3-6,8,11H2,1-2H3. The van der Waals surface area contributed by atoms with Crippen LogP contribution in [0.3, 0.4) is 0 Å². The number of carbonyl (C=O) groups is 1. The molecule has 0 heterocycles. The summed E-state index contributed by atoms with van der Waals surface area (Å²) in [6.07, 6.45) is 7.83. The van der Waals surface area contributed by atoms with E-state index in [9.17, 15) is 4.79 Å². The monoisotopic (exact) mass is 268 g/mol. The van der Waals surface area contributed by atoms with Crippen molar-refractivity contribution in [3.8, 4) is 0 Å². The van der Waals surface area contributed by atoms with E-state index in [4.69, 9.17) is 0 Å². The summed E-state index contributed by atoms with van der Waals surface area (Å²) in [7, 11) is 0. The molecule has 0 bridgehead atoms. The Morgan fingerprint density at radius 3 is 2.40 bits per heavy atom. The molecule has 0 unspecified atom stereocenters. The van der Waals surface area contributed by atoms with Crippen LogP contribution in [0.4, 0.5) is 0 Å². The van der Waals surface area contributed by atoms with Crippen molar-refractivity contribution >= 4 is 17.1 Å². The number of hydrogen-bond donors (Lipinski definition) is 0. The Labute approximate surface area is 122 Å². The molecule has 0 aromatic heterocycles. The van der Waals surface area contributed by atoms with Crippen LogP contribution in [-0.4, -0.2) is 6.29 Å². The van der Waals surface area contributed by atoms with Crippen LogP contribution < -0.4 is 0 Å². The molecule has 20 heavy (non-hydrogen) atoms. The first kappa shape index (κ1) is 14.8. The highest BCUT2D eigenvalue weighted by Crippen LogP contribution is 2.28. The van der Waals surface area contributed by atoms with Crippen LogP contribution in [0.25, 0.3) is 10.8 Å². The average Bonchev–Trinajstić information content (AvgIpc) is 2.50. The van der Waals surface area contributed by atoms with Gasteiger partial charge in [0, 0.05) is 5.56 Å². The molecule has 2 aromatic rings. The van der Waals surface area contributed by atoms with Gasteiger partial charge in [-0.15, -0.1) is 0 Å². The molecule has 0 N–H and O–H groups in total. The van der Waals surface area contributed by atoms with Gasteiger partial charge in [0.1, 0.15) is 6.29 Å². The molecular weight excluding hydrogens is 244 g/mol. The summed E-state index contributed by atoms with van der Waals surface area (Å²) < 4.78 is 0. The molecule has 0 saturated carbocycles. The van der Waals surface area contributed by atoms with Crippen LogP contribution in [0.5, 0.6) is 0 Å². The van der Waals surface area contributed by atoms with Crippen molar-refractivity contribution in [2.24, 2.45) is 0 Å². The van der Waals surface area contributed by atoms with E-state index in [0.717, 1.165) is 37.5 Å². The third-order valence-electron chi connectivity index (χ3n) is 3.98. The Morgan fingerprint density at radius 1 is 0.950 bits per heavy atom. The summed E-state index contributed by atoms with van der Waals surface area (Å²) in [6, 6.07) is 10.6. The molecule has 0 aliphatic heterocycles. The molecule has 0 radical (unpaired) electrons. The lowest BCUT2D eigenvalue weighted by atomic mass is 9.91. The third-order valence-corrected chi connectivity index (χ3v) is 3.98. The maximum absolute atomic E-state index is 11.4. The van der Waals surface area contributed by atoms with Crippen LogP contribution in [0.15, 0.2) is 30.3 Å². The fraction of sp³-hybridized carbons (Fsp3) is 0.421. The Balaban J connectivity index is 2.58. The number of aldehydes is 1. The van der Waals surface area contributed by atoms with Gasteiger partial charge < -0.3 is 0 Å². The SMILES string of the molecule is CCCCc1cccc2ccc(C=O)c(CCCC)c12. The molecule has 1 heteroatoms. The van der Waals surface area contributed by atoms with Crippen molar-refractivity contribution in [2.75, 3.05) is 0 Å². The number of rotatable bonds is 7. The lowest BCUT2D eigenvalue weighted by Gasteiger charge is -2.13. The van der Waals surface area contributed by atoms with Crippen molar-refractivity contribution in [1.82, 2.24) is 0 Å². The largest absolute Gasteiger partial charge is 0.298 e. The number of aryl methyl sites for hydroxylation is 2. The second-order valence-corrected chi connectivity index (χ2v) is 5.47. The first-order valence-electron chi connectivity index (χ1n) is 7.80. The molecule has 0 spiro atoms. The molecule has 0 amide bonds. The van der Waals surface area contributed by atoms with Crippen LogP contribution in [0.1, 0.15) is 61.0 Å². The van der Waals surface area contributed by atoms with Gasteiger partial charge in [0.2, 0.25) is 0 Å². The minimum Gasteiger partial charge on any atom is -0.298 e.